The minimum atomic E-state index is -0.430. The fraction of sp³-hybridized carbons (Fsp3) is 0.357. The zero-order chi connectivity index (χ0) is 12.5. The molecule has 0 fully saturated rings. The van der Waals surface area contributed by atoms with E-state index in [1.165, 1.54) is 15.0 Å². The molecule has 1 heterocycles. The van der Waals surface area contributed by atoms with E-state index in [0.717, 1.165) is 12.8 Å². The van der Waals surface area contributed by atoms with Crippen molar-refractivity contribution >= 4 is 27.3 Å². The molecule has 0 aliphatic rings. The Balaban J connectivity index is 2.32. The monoisotopic (exact) mass is 247 g/mol. The van der Waals surface area contributed by atoms with Crippen molar-refractivity contribution in [1.82, 2.24) is 0 Å². The van der Waals surface area contributed by atoms with Crippen molar-refractivity contribution in [3.8, 4) is 0 Å². The maximum atomic E-state index is 11.5. The van der Waals surface area contributed by atoms with E-state index >= 15 is 0 Å². The quantitative estimate of drug-likeness (QED) is 0.884. The molecule has 2 aromatic rings. The summed E-state index contributed by atoms with van der Waals surface area (Å²) in [6.45, 7) is 3.96. The van der Waals surface area contributed by atoms with Gasteiger partial charge in [0.2, 0.25) is 5.91 Å². The molecule has 0 saturated heterocycles. The lowest BCUT2D eigenvalue weighted by atomic mass is 9.83. The number of rotatable bonds is 4. The molecule has 0 aliphatic heterocycles. The molecule has 1 unspecified atom stereocenters. The van der Waals surface area contributed by atoms with Crippen LogP contribution in [-0.2, 0) is 11.2 Å². The van der Waals surface area contributed by atoms with Gasteiger partial charge in [0.1, 0.15) is 0 Å². The number of hydrogen-bond acceptors (Lipinski definition) is 2. The Morgan fingerprint density at radius 3 is 2.71 bits per heavy atom. The van der Waals surface area contributed by atoms with Gasteiger partial charge in [0, 0.05) is 9.58 Å². The number of hydrogen-bond donors (Lipinski definition) is 1. The minimum absolute atomic E-state index is 0.211. The maximum Gasteiger partial charge on any atom is 0.223 e. The molecule has 0 bridgehead atoms. The van der Waals surface area contributed by atoms with E-state index in [0.29, 0.717) is 0 Å². The van der Waals surface area contributed by atoms with Crippen LogP contribution in [0.2, 0.25) is 0 Å². The first-order valence-corrected chi connectivity index (χ1v) is 6.64. The lowest BCUT2D eigenvalue weighted by molar-refractivity contribution is -0.126. The highest BCUT2D eigenvalue weighted by atomic mass is 32.1. The van der Waals surface area contributed by atoms with E-state index in [-0.39, 0.29) is 5.91 Å². The molecule has 1 aromatic heterocycles. The molecule has 1 amide bonds. The Bertz CT molecular complexity index is 513. The van der Waals surface area contributed by atoms with Gasteiger partial charge in [-0.1, -0.05) is 32.0 Å². The minimum Gasteiger partial charge on any atom is -0.369 e. The summed E-state index contributed by atoms with van der Waals surface area (Å²) in [5.74, 6) is -0.211. The molecule has 0 saturated carbocycles. The highest BCUT2D eigenvalue weighted by Gasteiger charge is 2.29. The first-order chi connectivity index (χ1) is 8.05. The van der Waals surface area contributed by atoms with Gasteiger partial charge in [0.25, 0.3) is 0 Å². The summed E-state index contributed by atoms with van der Waals surface area (Å²) in [6, 6.07) is 10.4. The van der Waals surface area contributed by atoms with Gasteiger partial charge < -0.3 is 5.73 Å². The van der Waals surface area contributed by atoms with Crippen LogP contribution >= 0.6 is 11.3 Å². The fourth-order valence-corrected chi connectivity index (χ4v) is 3.15. The van der Waals surface area contributed by atoms with Crippen molar-refractivity contribution in [1.29, 1.82) is 0 Å². The van der Waals surface area contributed by atoms with Crippen LogP contribution in [0.25, 0.3) is 10.1 Å². The number of benzene rings is 1. The Labute approximate surface area is 105 Å². The number of carbonyl (C=O) groups is 1. The predicted octanol–water partition coefficient (Wildman–Crippen LogP) is 3.35. The molecular formula is C14H17NOS. The van der Waals surface area contributed by atoms with E-state index in [1.54, 1.807) is 11.3 Å². The summed E-state index contributed by atoms with van der Waals surface area (Å²) in [5.41, 5.74) is 5.06. The molecule has 17 heavy (non-hydrogen) atoms. The van der Waals surface area contributed by atoms with Crippen molar-refractivity contribution in [3.63, 3.8) is 0 Å². The van der Waals surface area contributed by atoms with Gasteiger partial charge in [-0.2, -0.15) is 0 Å². The lowest BCUT2D eigenvalue weighted by Crippen LogP contribution is -2.35. The molecule has 3 heteroatoms. The van der Waals surface area contributed by atoms with Crippen LogP contribution in [0.3, 0.4) is 0 Å². The molecule has 1 aromatic carbocycles. The van der Waals surface area contributed by atoms with Crippen LogP contribution in [0.4, 0.5) is 0 Å². The van der Waals surface area contributed by atoms with Crippen LogP contribution in [0.15, 0.2) is 30.3 Å². The fourth-order valence-electron chi connectivity index (χ4n) is 1.89. The summed E-state index contributed by atoms with van der Waals surface area (Å²) in [6.07, 6.45) is 1.51. The molecule has 1 atom stereocenters. The third-order valence-electron chi connectivity index (χ3n) is 3.42. The zero-order valence-electron chi connectivity index (χ0n) is 10.2. The highest BCUT2D eigenvalue weighted by Crippen LogP contribution is 2.32. The molecule has 2 nitrogen and oxygen atoms in total. The summed E-state index contributed by atoms with van der Waals surface area (Å²) < 4.78 is 1.27. The average molecular weight is 247 g/mol. The van der Waals surface area contributed by atoms with Crippen molar-refractivity contribution in [3.05, 3.63) is 35.2 Å². The Morgan fingerprint density at radius 1 is 1.41 bits per heavy atom. The third-order valence-corrected chi connectivity index (χ3v) is 4.53. The molecule has 2 rings (SSSR count). The first kappa shape index (κ1) is 12.1. The van der Waals surface area contributed by atoms with Crippen molar-refractivity contribution in [2.45, 2.75) is 26.7 Å². The van der Waals surface area contributed by atoms with Crippen LogP contribution < -0.4 is 5.73 Å². The lowest BCUT2D eigenvalue weighted by Gasteiger charge is -2.23. The van der Waals surface area contributed by atoms with Gasteiger partial charge in [-0.3, -0.25) is 4.79 Å². The van der Waals surface area contributed by atoms with Gasteiger partial charge >= 0.3 is 0 Å². The van der Waals surface area contributed by atoms with E-state index < -0.39 is 5.41 Å². The van der Waals surface area contributed by atoms with E-state index in [9.17, 15) is 4.79 Å². The second-order valence-corrected chi connectivity index (χ2v) is 5.87. The Kier molecular flexibility index (Phi) is 3.20. The van der Waals surface area contributed by atoms with E-state index in [4.69, 9.17) is 5.73 Å². The number of nitrogens with two attached hydrogens (primary N) is 1. The highest BCUT2D eigenvalue weighted by molar-refractivity contribution is 7.19. The van der Waals surface area contributed by atoms with E-state index in [1.807, 2.05) is 26.0 Å². The van der Waals surface area contributed by atoms with Crippen molar-refractivity contribution in [2.24, 2.45) is 11.1 Å². The molecule has 2 N–H and O–H groups in total. The average Bonchev–Trinajstić information content (AvgIpc) is 2.70. The van der Waals surface area contributed by atoms with Crippen LogP contribution in [0.5, 0.6) is 0 Å². The second-order valence-electron chi connectivity index (χ2n) is 4.71. The summed E-state index contributed by atoms with van der Waals surface area (Å²) in [7, 11) is 0. The van der Waals surface area contributed by atoms with Crippen LogP contribution in [-0.4, -0.2) is 5.91 Å². The number of fused-ring (bicyclic) bond motifs is 1. The van der Waals surface area contributed by atoms with E-state index in [2.05, 4.69) is 18.2 Å². The number of carbonyl (C=O) groups excluding carboxylic acids is 1. The first-order valence-electron chi connectivity index (χ1n) is 5.82. The van der Waals surface area contributed by atoms with Gasteiger partial charge in [-0.05, 0) is 30.4 Å². The zero-order valence-corrected chi connectivity index (χ0v) is 11.0. The van der Waals surface area contributed by atoms with Crippen LogP contribution in [0, 0.1) is 5.41 Å². The van der Waals surface area contributed by atoms with Crippen molar-refractivity contribution < 1.29 is 4.79 Å². The third kappa shape index (κ3) is 2.34. The largest absolute Gasteiger partial charge is 0.369 e. The Hall–Kier alpha value is -1.35. The summed E-state index contributed by atoms with van der Waals surface area (Å²) >= 11 is 1.75. The van der Waals surface area contributed by atoms with Gasteiger partial charge in [-0.25, -0.2) is 0 Å². The molecular weight excluding hydrogens is 230 g/mol. The molecule has 90 valence electrons. The van der Waals surface area contributed by atoms with Crippen molar-refractivity contribution in [2.75, 3.05) is 0 Å². The SMILES string of the molecule is CCC(C)(Cc1cc2ccccc2s1)C(N)=O. The predicted molar refractivity (Wildman–Crippen MR) is 73.1 cm³/mol. The number of thiophene rings is 1. The Morgan fingerprint density at radius 2 is 2.12 bits per heavy atom. The molecule has 0 spiro atoms. The smallest absolute Gasteiger partial charge is 0.223 e. The maximum absolute atomic E-state index is 11.5. The van der Waals surface area contributed by atoms with Gasteiger partial charge in [0.15, 0.2) is 0 Å². The summed E-state index contributed by atoms with van der Waals surface area (Å²) in [4.78, 5) is 12.7. The second kappa shape index (κ2) is 4.49. The van der Waals surface area contributed by atoms with Crippen LogP contribution in [0.1, 0.15) is 25.1 Å². The number of amides is 1. The van der Waals surface area contributed by atoms with Gasteiger partial charge in [-0.15, -0.1) is 11.3 Å². The standard InChI is InChI=1S/C14H17NOS/c1-3-14(2,13(15)16)9-11-8-10-6-4-5-7-12(10)17-11/h4-8H,3,9H2,1-2H3,(H2,15,16). The van der Waals surface area contributed by atoms with Gasteiger partial charge in [0.05, 0.1) is 5.41 Å². The molecule has 0 aliphatic carbocycles. The normalized spacial score (nSPS) is 14.7. The molecule has 0 radical (unpaired) electrons. The summed E-state index contributed by atoms with van der Waals surface area (Å²) in [5, 5.41) is 1.25. The topological polar surface area (TPSA) is 43.1 Å². The number of primary amides is 1.